The number of hydrogen-bond donors (Lipinski definition) is 0. The highest BCUT2D eigenvalue weighted by Crippen LogP contribution is 2.20. The molecule has 2 aromatic rings. The summed E-state index contributed by atoms with van der Waals surface area (Å²) in [6.45, 7) is 8.17. The Morgan fingerprint density at radius 1 is 1.20 bits per heavy atom. The van der Waals surface area contributed by atoms with Gasteiger partial charge < -0.3 is 0 Å². The molecule has 0 aliphatic heterocycles. The number of aromatic nitrogens is 2. The number of halogens is 1. The van der Waals surface area contributed by atoms with Crippen molar-refractivity contribution in [2.45, 2.75) is 39.8 Å². The van der Waals surface area contributed by atoms with Crippen molar-refractivity contribution < 1.29 is 0 Å². The molecular weight excluding hydrogens is 270 g/mol. The van der Waals surface area contributed by atoms with E-state index in [1.165, 1.54) is 29.4 Å². The molecule has 1 aromatic heterocycles. The summed E-state index contributed by atoms with van der Waals surface area (Å²) in [5.41, 5.74) is 2.40. The first kappa shape index (κ1) is 15.3. The Labute approximate surface area is 126 Å². The molecule has 0 saturated heterocycles. The van der Waals surface area contributed by atoms with E-state index in [0.717, 1.165) is 26.2 Å². The molecule has 4 heteroatoms. The quantitative estimate of drug-likeness (QED) is 0.688. The topological polar surface area (TPSA) is 21.1 Å². The summed E-state index contributed by atoms with van der Waals surface area (Å²) in [5, 5.41) is 6.04. The average molecular weight is 294 g/mol. The molecule has 0 N–H and O–H groups in total. The lowest BCUT2D eigenvalue weighted by Gasteiger charge is -2.19. The van der Waals surface area contributed by atoms with Gasteiger partial charge in [0.15, 0.2) is 0 Å². The number of alkyl halides is 1. The van der Waals surface area contributed by atoms with Crippen molar-refractivity contribution in [3.05, 3.63) is 30.0 Å². The van der Waals surface area contributed by atoms with Gasteiger partial charge >= 0.3 is 0 Å². The molecule has 0 unspecified atom stereocenters. The van der Waals surface area contributed by atoms with Gasteiger partial charge in [0, 0.05) is 30.9 Å². The van der Waals surface area contributed by atoms with Crippen LogP contribution >= 0.6 is 11.6 Å². The molecule has 0 aliphatic carbocycles. The molecule has 0 bridgehead atoms. The summed E-state index contributed by atoms with van der Waals surface area (Å²) in [4.78, 5) is 2.41. The summed E-state index contributed by atoms with van der Waals surface area (Å²) < 4.78 is 2.09. The van der Waals surface area contributed by atoms with Gasteiger partial charge in [0.05, 0.1) is 11.2 Å². The van der Waals surface area contributed by atoms with Crippen LogP contribution in [0.15, 0.2) is 24.3 Å². The molecule has 1 aromatic carbocycles. The first-order valence-corrected chi connectivity index (χ1v) is 8.06. The Morgan fingerprint density at radius 2 is 2.00 bits per heavy atom. The molecule has 0 radical (unpaired) electrons. The monoisotopic (exact) mass is 293 g/mol. The van der Waals surface area contributed by atoms with Crippen LogP contribution in [0, 0.1) is 0 Å². The van der Waals surface area contributed by atoms with E-state index >= 15 is 0 Å². The molecule has 0 amide bonds. The third-order valence-corrected chi connectivity index (χ3v) is 3.81. The second-order valence-electron chi connectivity index (χ2n) is 5.10. The second-order valence-corrected chi connectivity index (χ2v) is 5.48. The van der Waals surface area contributed by atoms with Gasteiger partial charge in [-0.05, 0) is 26.0 Å². The van der Waals surface area contributed by atoms with E-state index < -0.39 is 0 Å². The van der Waals surface area contributed by atoms with Crippen molar-refractivity contribution in [1.29, 1.82) is 0 Å². The predicted octanol–water partition coefficient (Wildman–Crippen LogP) is 3.90. The van der Waals surface area contributed by atoms with Crippen molar-refractivity contribution in [2.75, 3.05) is 19.0 Å². The van der Waals surface area contributed by atoms with E-state index in [1.807, 2.05) is 0 Å². The van der Waals surface area contributed by atoms with Crippen LogP contribution in [0.2, 0.25) is 0 Å². The summed E-state index contributed by atoms with van der Waals surface area (Å²) in [6.07, 6.45) is 2.42. The maximum atomic E-state index is 5.92. The van der Waals surface area contributed by atoms with Crippen molar-refractivity contribution in [3.63, 3.8) is 0 Å². The van der Waals surface area contributed by atoms with Crippen molar-refractivity contribution in [1.82, 2.24) is 14.7 Å². The zero-order valence-electron chi connectivity index (χ0n) is 12.5. The number of rotatable bonds is 8. The molecule has 0 spiro atoms. The SMILES string of the molecule is CCCCN(CCCl)Cc1nn(CC)c2ccccc12. The van der Waals surface area contributed by atoms with Crippen LogP contribution in [0.1, 0.15) is 32.4 Å². The molecule has 3 nitrogen and oxygen atoms in total. The van der Waals surface area contributed by atoms with Gasteiger partial charge in [0.1, 0.15) is 0 Å². The lowest BCUT2D eigenvalue weighted by atomic mass is 10.2. The van der Waals surface area contributed by atoms with E-state index in [4.69, 9.17) is 16.7 Å². The number of fused-ring (bicyclic) bond motifs is 1. The third-order valence-electron chi connectivity index (χ3n) is 3.64. The molecule has 20 heavy (non-hydrogen) atoms. The number of unbranched alkanes of at least 4 members (excludes halogenated alkanes) is 1. The first-order chi connectivity index (χ1) is 9.80. The predicted molar refractivity (Wildman–Crippen MR) is 86.3 cm³/mol. The number of para-hydroxylation sites is 1. The van der Waals surface area contributed by atoms with Gasteiger partial charge in [0.25, 0.3) is 0 Å². The van der Waals surface area contributed by atoms with Gasteiger partial charge in [-0.3, -0.25) is 9.58 Å². The molecule has 0 fully saturated rings. The lowest BCUT2D eigenvalue weighted by molar-refractivity contribution is 0.273. The van der Waals surface area contributed by atoms with Crippen LogP contribution in [0.3, 0.4) is 0 Å². The van der Waals surface area contributed by atoms with E-state index in [2.05, 4.69) is 47.7 Å². The fourth-order valence-corrected chi connectivity index (χ4v) is 2.78. The maximum Gasteiger partial charge on any atom is 0.0843 e. The van der Waals surface area contributed by atoms with Gasteiger partial charge in [-0.25, -0.2) is 0 Å². The summed E-state index contributed by atoms with van der Waals surface area (Å²) in [5.74, 6) is 0.677. The molecule has 110 valence electrons. The lowest BCUT2D eigenvalue weighted by Crippen LogP contribution is -2.26. The smallest absolute Gasteiger partial charge is 0.0843 e. The minimum Gasteiger partial charge on any atom is -0.296 e. The Balaban J connectivity index is 2.22. The number of benzene rings is 1. The first-order valence-electron chi connectivity index (χ1n) is 7.52. The summed E-state index contributed by atoms with van der Waals surface area (Å²) in [6, 6.07) is 8.48. The molecule has 0 saturated carbocycles. The molecule has 0 atom stereocenters. The summed E-state index contributed by atoms with van der Waals surface area (Å²) in [7, 11) is 0. The number of aryl methyl sites for hydroxylation is 1. The van der Waals surface area contributed by atoms with Crippen LogP contribution in [0.25, 0.3) is 10.9 Å². The van der Waals surface area contributed by atoms with Gasteiger partial charge in [-0.15, -0.1) is 11.6 Å². The van der Waals surface area contributed by atoms with Crippen LogP contribution < -0.4 is 0 Å². The minimum atomic E-state index is 0.677. The highest BCUT2D eigenvalue weighted by atomic mass is 35.5. The van der Waals surface area contributed by atoms with Crippen LogP contribution in [0.4, 0.5) is 0 Å². The largest absolute Gasteiger partial charge is 0.296 e. The normalized spacial score (nSPS) is 11.6. The molecule has 2 rings (SSSR count). The van der Waals surface area contributed by atoms with Crippen LogP contribution in [-0.4, -0.2) is 33.6 Å². The summed E-state index contributed by atoms with van der Waals surface area (Å²) >= 11 is 5.92. The second kappa shape index (κ2) is 7.65. The van der Waals surface area contributed by atoms with Crippen molar-refractivity contribution >= 4 is 22.5 Å². The van der Waals surface area contributed by atoms with Crippen LogP contribution in [0.5, 0.6) is 0 Å². The zero-order chi connectivity index (χ0) is 14.4. The minimum absolute atomic E-state index is 0.677. The van der Waals surface area contributed by atoms with Crippen molar-refractivity contribution in [3.8, 4) is 0 Å². The van der Waals surface area contributed by atoms with Gasteiger partial charge in [0.2, 0.25) is 0 Å². The maximum absolute atomic E-state index is 5.92. The fraction of sp³-hybridized carbons (Fsp3) is 0.562. The standard InChI is InChI=1S/C16H24ClN3/c1-3-5-11-19(12-10-17)13-15-14-8-6-7-9-16(14)20(4-2)18-15/h6-9H,3-5,10-13H2,1-2H3. The van der Waals surface area contributed by atoms with Gasteiger partial charge in [-0.1, -0.05) is 31.5 Å². The van der Waals surface area contributed by atoms with E-state index in [0.29, 0.717) is 5.88 Å². The van der Waals surface area contributed by atoms with E-state index in [1.54, 1.807) is 0 Å². The Kier molecular flexibility index (Phi) is 5.86. The number of nitrogens with zero attached hydrogens (tertiary/aromatic N) is 3. The third kappa shape index (κ3) is 3.53. The fourth-order valence-electron chi connectivity index (χ4n) is 2.54. The average Bonchev–Trinajstić information content (AvgIpc) is 2.83. The van der Waals surface area contributed by atoms with E-state index in [9.17, 15) is 0 Å². The molecule has 1 heterocycles. The zero-order valence-corrected chi connectivity index (χ0v) is 13.2. The molecule has 0 aliphatic rings. The highest BCUT2D eigenvalue weighted by molar-refractivity contribution is 6.18. The van der Waals surface area contributed by atoms with Crippen molar-refractivity contribution in [2.24, 2.45) is 0 Å². The van der Waals surface area contributed by atoms with Gasteiger partial charge in [-0.2, -0.15) is 5.10 Å². The Hall–Kier alpha value is -1.06. The molecular formula is C16H24ClN3. The Morgan fingerprint density at radius 3 is 2.70 bits per heavy atom. The number of hydrogen-bond acceptors (Lipinski definition) is 2. The van der Waals surface area contributed by atoms with Crippen LogP contribution in [-0.2, 0) is 13.1 Å². The van der Waals surface area contributed by atoms with E-state index in [-0.39, 0.29) is 0 Å². The Bertz CT molecular complexity index is 536. The highest BCUT2D eigenvalue weighted by Gasteiger charge is 2.12.